The van der Waals surface area contributed by atoms with Crippen LogP contribution < -0.4 is 0 Å². The van der Waals surface area contributed by atoms with Crippen LogP contribution in [0.3, 0.4) is 0 Å². The van der Waals surface area contributed by atoms with E-state index in [1.54, 1.807) is 6.92 Å². The van der Waals surface area contributed by atoms with Crippen LogP contribution in [0.15, 0.2) is 28.2 Å². The van der Waals surface area contributed by atoms with Crippen LogP contribution in [-0.2, 0) is 14.3 Å². The Balaban J connectivity index is 2.49. The maximum absolute atomic E-state index is 13.4. The number of amidine groups is 1. The Kier molecular flexibility index (Phi) is 4.30. The summed E-state index contributed by atoms with van der Waals surface area (Å²) < 4.78 is 36.2. The number of hydrogen-bond donors (Lipinski definition) is 0. The first-order chi connectivity index (χ1) is 9.97. The predicted octanol–water partition coefficient (Wildman–Crippen LogP) is 2.27. The van der Waals surface area contributed by atoms with E-state index in [9.17, 15) is 13.6 Å². The first-order valence-corrected chi connectivity index (χ1v) is 6.17. The fraction of sp³-hybridized carbons (Fsp3) is 0.357. The van der Waals surface area contributed by atoms with Crippen molar-refractivity contribution in [2.75, 3.05) is 14.2 Å². The zero-order valence-electron chi connectivity index (χ0n) is 11.8. The SMILES string of the molecule is COC(=O)C1C(C)=NC(OC)=NC1c1ccc(F)c(F)c1. The molecule has 2 atom stereocenters. The van der Waals surface area contributed by atoms with Crippen LogP contribution in [0.25, 0.3) is 0 Å². The number of carbonyl (C=O) groups is 1. The van der Waals surface area contributed by atoms with Crippen LogP contribution in [0.4, 0.5) is 8.78 Å². The van der Waals surface area contributed by atoms with E-state index in [-0.39, 0.29) is 6.02 Å². The molecule has 0 saturated carbocycles. The summed E-state index contributed by atoms with van der Waals surface area (Å²) in [6.45, 7) is 1.63. The molecular formula is C14H14F2N2O3. The van der Waals surface area contributed by atoms with Crippen molar-refractivity contribution in [1.29, 1.82) is 0 Å². The van der Waals surface area contributed by atoms with Crippen molar-refractivity contribution >= 4 is 17.7 Å². The highest BCUT2D eigenvalue weighted by Crippen LogP contribution is 2.32. The van der Waals surface area contributed by atoms with Crippen molar-refractivity contribution in [3.63, 3.8) is 0 Å². The predicted molar refractivity (Wildman–Crippen MR) is 72.2 cm³/mol. The van der Waals surface area contributed by atoms with Gasteiger partial charge in [0.05, 0.1) is 20.3 Å². The van der Waals surface area contributed by atoms with Gasteiger partial charge >= 0.3 is 12.0 Å². The summed E-state index contributed by atoms with van der Waals surface area (Å²) in [5, 5.41) is 0. The summed E-state index contributed by atoms with van der Waals surface area (Å²) in [5.41, 5.74) is 0.775. The van der Waals surface area contributed by atoms with Crippen LogP contribution in [0.2, 0.25) is 0 Å². The van der Waals surface area contributed by atoms with E-state index in [0.29, 0.717) is 11.3 Å². The van der Waals surface area contributed by atoms with Gasteiger partial charge in [-0.1, -0.05) is 6.07 Å². The number of carbonyl (C=O) groups excluding carboxylic acids is 1. The number of ether oxygens (including phenoxy) is 2. The minimum absolute atomic E-state index is 0.0717. The first kappa shape index (κ1) is 15.1. The number of nitrogens with zero attached hydrogens (tertiary/aromatic N) is 2. The average Bonchev–Trinajstić information content (AvgIpc) is 2.48. The first-order valence-electron chi connectivity index (χ1n) is 6.17. The highest BCUT2D eigenvalue weighted by molar-refractivity contribution is 6.07. The summed E-state index contributed by atoms with van der Waals surface area (Å²) in [6.07, 6.45) is 0. The van der Waals surface area contributed by atoms with Crippen LogP contribution in [-0.4, -0.2) is 31.9 Å². The molecule has 0 spiro atoms. The molecule has 2 unspecified atom stereocenters. The Bertz CT molecular complexity index is 629. The van der Waals surface area contributed by atoms with Gasteiger partial charge in [-0.15, -0.1) is 0 Å². The van der Waals surface area contributed by atoms with Gasteiger partial charge in [-0.25, -0.2) is 18.8 Å². The van der Waals surface area contributed by atoms with Gasteiger partial charge in [0.15, 0.2) is 11.6 Å². The van der Waals surface area contributed by atoms with Gasteiger partial charge in [-0.2, -0.15) is 0 Å². The van der Waals surface area contributed by atoms with Crippen LogP contribution in [0, 0.1) is 17.6 Å². The topological polar surface area (TPSA) is 60.2 Å². The fourth-order valence-electron chi connectivity index (χ4n) is 2.16. The molecule has 5 nitrogen and oxygen atoms in total. The lowest BCUT2D eigenvalue weighted by Crippen LogP contribution is -2.33. The Morgan fingerprint density at radius 2 is 1.95 bits per heavy atom. The maximum Gasteiger partial charge on any atom is 0.316 e. The number of esters is 1. The van der Waals surface area contributed by atoms with E-state index in [1.165, 1.54) is 20.3 Å². The zero-order valence-corrected chi connectivity index (χ0v) is 11.8. The Morgan fingerprint density at radius 3 is 2.52 bits per heavy atom. The van der Waals surface area contributed by atoms with Gasteiger partial charge in [-0.05, 0) is 24.6 Å². The summed E-state index contributed by atoms with van der Waals surface area (Å²) in [7, 11) is 2.63. The molecule has 0 fully saturated rings. The lowest BCUT2D eigenvalue weighted by Gasteiger charge is -2.26. The van der Waals surface area contributed by atoms with E-state index in [1.807, 2.05) is 0 Å². The van der Waals surface area contributed by atoms with Gasteiger partial charge < -0.3 is 9.47 Å². The molecule has 0 aliphatic carbocycles. The molecule has 0 aromatic heterocycles. The van der Waals surface area contributed by atoms with Crippen molar-refractivity contribution in [2.45, 2.75) is 13.0 Å². The molecule has 7 heteroatoms. The molecule has 0 radical (unpaired) electrons. The highest BCUT2D eigenvalue weighted by Gasteiger charge is 2.36. The minimum atomic E-state index is -1.01. The molecular weight excluding hydrogens is 282 g/mol. The monoisotopic (exact) mass is 296 g/mol. The lowest BCUT2D eigenvalue weighted by molar-refractivity contribution is -0.143. The van der Waals surface area contributed by atoms with E-state index >= 15 is 0 Å². The van der Waals surface area contributed by atoms with Crippen LogP contribution in [0.5, 0.6) is 0 Å². The second-order valence-corrected chi connectivity index (χ2v) is 4.49. The largest absolute Gasteiger partial charge is 0.468 e. The number of methoxy groups -OCH3 is 2. The fourth-order valence-corrected chi connectivity index (χ4v) is 2.16. The van der Waals surface area contributed by atoms with Gasteiger partial charge in [0.25, 0.3) is 0 Å². The van der Waals surface area contributed by atoms with Crippen molar-refractivity contribution in [3.05, 3.63) is 35.4 Å². The molecule has 0 amide bonds. The Morgan fingerprint density at radius 1 is 1.24 bits per heavy atom. The Labute approximate surface area is 120 Å². The molecule has 1 aliphatic rings. The summed E-state index contributed by atoms with van der Waals surface area (Å²) in [4.78, 5) is 20.1. The van der Waals surface area contributed by atoms with Gasteiger partial charge in [0.2, 0.25) is 0 Å². The molecule has 1 aromatic rings. The zero-order chi connectivity index (χ0) is 15.6. The molecule has 112 valence electrons. The lowest BCUT2D eigenvalue weighted by atomic mass is 9.89. The summed E-state index contributed by atoms with van der Waals surface area (Å²) >= 11 is 0. The highest BCUT2D eigenvalue weighted by atomic mass is 19.2. The third kappa shape index (κ3) is 2.91. The third-order valence-electron chi connectivity index (χ3n) is 3.21. The summed E-state index contributed by atoms with van der Waals surface area (Å²) in [6, 6.07) is 2.66. The minimum Gasteiger partial charge on any atom is -0.468 e. The average molecular weight is 296 g/mol. The number of benzene rings is 1. The van der Waals surface area contributed by atoms with Crippen LogP contribution >= 0.6 is 0 Å². The van der Waals surface area contributed by atoms with Crippen molar-refractivity contribution in [2.24, 2.45) is 15.9 Å². The van der Waals surface area contributed by atoms with Gasteiger partial charge in [-0.3, -0.25) is 4.79 Å². The van der Waals surface area contributed by atoms with E-state index in [4.69, 9.17) is 9.47 Å². The number of rotatable bonds is 2. The molecule has 0 bridgehead atoms. The normalized spacial score (nSPS) is 21.4. The molecule has 1 aliphatic heterocycles. The smallest absolute Gasteiger partial charge is 0.316 e. The standard InChI is InChI=1S/C14H14F2N2O3/c1-7-11(13(19)20-2)12(18-14(17-7)21-3)8-4-5-9(15)10(16)6-8/h4-6,11-12H,1-3H3. The van der Waals surface area contributed by atoms with E-state index in [0.717, 1.165) is 12.1 Å². The van der Waals surface area contributed by atoms with E-state index < -0.39 is 29.6 Å². The molecule has 1 aromatic carbocycles. The molecule has 21 heavy (non-hydrogen) atoms. The van der Waals surface area contributed by atoms with Crippen molar-refractivity contribution in [1.82, 2.24) is 0 Å². The van der Waals surface area contributed by atoms with E-state index in [2.05, 4.69) is 9.98 Å². The molecule has 1 heterocycles. The van der Waals surface area contributed by atoms with Gasteiger partial charge in [0.1, 0.15) is 5.92 Å². The van der Waals surface area contributed by atoms with Crippen molar-refractivity contribution in [3.8, 4) is 0 Å². The molecule has 2 rings (SSSR count). The Hall–Kier alpha value is -2.31. The second kappa shape index (κ2) is 5.99. The second-order valence-electron chi connectivity index (χ2n) is 4.49. The van der Waals surface area contributed by atoms with Gasteiger partial charge in [0, 0.05) is 5.71 Å². The number of hydrogen-bond acceptors (Lipinski definition) is 5. The number of aliphatic imine (C=N–C) groups is 2. The molecule has 0 saturated heterocycles. The third-order valence-corrected chi connectivity index (χ3v) is 3.21. The number of halogens is 2. The molecule has 0 N–H and O–H groups in total. The van der Waals surface area contributed by atoms with Crippen molar-refractivity contribution < 1.29 is 23.0 Å². The van der Waals surface area contributed by atoms with Crippen LogP contribution in [0.1, 0.15) is 18.5 Å². The quantitative estimate of drug-likeness (QED) is 0.787. The summed E-state index contributed by atoms with van der Waals surface area (Å²) in [5.74, 6) is -3.33. The maximum atomic E-state index is 13.4.